The summed E-state index contributed by atoms with van der Waals surface area (Å²) in [6.07, 6.45) is 0.881. The SMILES string of the molecule is CCCCCCCC(=O)C1(O)O[C@H](CO)[C@@H](O)[C@H](O)[C@H]1NC. The molecule has 1 aliphatic heterocycles. The highest BCUT2D eigenvalue weighted by Crippen LogP contribution is 2.30. The standard InChI is InChI=1S/C15H29NO6/c1-3-4-5-6-7-8-11(18)15(21)14(16-2)13(20)12(19)10(9-17)22-15/h10,12-14,16-17,19-21H,3-9H2,1-2H3/t10-,12-,13+,14-,15?/m1/s1. The minimum Gasteiger partial charge on any atom is -0.394 e. The highest BCUT2D eigenvalue weighted by Gasteiger charge is 2.56. The van der Waals surface area contributed by atoms with Gasteiger partial charge in [0.1, 0.15) is 18.3 Å². The first-order chi connectivity index (χ1) is 10.4. The third kappa shape index (κ3) is 4.24. The number of hydrogen-bond donors (Lipinski definition) is 5. The molecule has 1 rings (SSSR count). The average Bonchev–Trinajstić information content (AvgIpc) is 2.51. The van der Waals surface area contributed by atoms with Crippen molar-refractivity contribution in [1.82, 2.24) is 5.32 Å². The smallest absolute Gasteiger partial charge is 0.245 e. The van der Waals surface area contributed by atoms with Gasteiger partial charge in [-0.3, -0.25) is 4.79 Å². The zero-order valence-corrected chi connectivity index (χ0v) is 13.4. The summed E-state index contributed by atoms with van der Waals surface area (Å²) in [5.74, 6) is -2.79. The Morgan fingerprint density at radius 3 is 2.36 bits per heavy atom. The minimum absolute atomic E-state index is 0.124. The number of unbranched alkanes of at least 4 members (excludes halogenated alkanes) is 4. The first-order valence-corrected chi connectivity index (χ1v) is 8.00. The highest BCUT2D eigenvalue weighted by atomic mass is 16.7. The first kappa shape index (κ1) is 19.5. The van der Waals surface area contributed by atoms with Crippen molar-refractivity contribution < 1.29 is 30.0 Å². The van der Waals surface area contributed by atoms with Crippen LogP contribution in [0, 0.1) is 0 Å². The van der Waals surface area contributed by atoms with Crippen LogP contribution in [0.25, 0.3) is 0 Å². The molecule has 1 saturated heterocycles. The second kappa shape index (κ2) is 8.90. The molecule has 5 N–H and O–H groups in total. The number of nitrogens with one attached hydrogen (secondary N) is 1. The first-order valence-electron chi connectivity index (χ1n) is 8.00. The van der Waals surface area contributed by atoms with Crippen LogP contribution in [0.2, 0.25) is 0 Å². The molecule has 1 heterocycles. The Balaban J connectivity index is 2.71. The largest absolute Gasteiger partial charge is 0.394 e. The molecule has 0 aliphatic carbocycles. The molecule has 1 fully saturated rings. The molecular formula is C15H29NO6. The Kier molecular flexibility index (Phi) is 7.88. The number of carbonyl (C=O) groups excluding carboxylic acids is 1. The number of likely N-dealkylation sites (N-methyl/N-ethyl adjacent to an activating group) is 1. The van der Waals surface area contributed by atoms with Crippen molar-refractivity contribution in [1.29, 1.82) is 0 Å². The number of rotatable bonds is 9. The third-order valence-corrected chi connectivity index (χ3v) is 4.22. The maximum atomic E-state index is 12.3. The molecule has 7 heteroatoms. The molecule has 130 valence electrons. The number of ether oxygens (including phenoxy) is 1. The van der Waals surface area contributed by atoms with Crippen molar-refractivity contribution in [2.75, 3.05) is 13.7 Å². The van der Waals surface area contributed by atoms with Crippen LogP contribution in [0.4, 0.5) is 0 Å². The van der Waals surface area contributed by atoms with Crippen molar-refractivity contribution in [2.45, 2.75) is 75.6 Å². The molecule has 0 saturated carbocycles. The second-order valence-electron chi connectivity index (χ2n) is 5.87. The monoisotopic (exact) mass is 319 g/mol. The summed E-state index contributed by atoms with van der Waals surface area (Å²) in [4.78, 5) is 12.3. The number of hydrogen-bond acceptors (Lipinski definition) is 7. The summed E-state index contributed by atoms with van der Waals surface area (Å²) in [5, 5.41) is 42.3. The highest BCUT2D eigenvalue weighted by molar-refractivity contribution is 5.86. The molecular weight excluding hydrogens is 290 g/mol. The molecule has 0 spiro atoms. The summed E-state index contributed by atoms with van der Waals surface area (Å²) in [6, 6.07) is -1.14. The minimum atomic E-state index is -2.24. The van der Waals surface area contributed by atoms with E-state index in [1.165, 1.54) is 7.05 Å². The van der Waals surface area contributed by atoms with Crippen LogP contribution in [0.1, 0.15) is 45.4 Å². The quantitative estimate of drug-likeness (QED) is 0.357. The number of ketones is 1. The molecule has 0 bridgehead atoms. The molecule has 22 heavy (non-hydrogen) atoms. The van der Waals surface area contributed by atoms with E-state index >= 15 is 0 Å². The Labute approximate surface area is 131 Å². The van der Waals surface area contributed by atoms with Gasteiger partial charge in [-0.1, -0.05) is 32.6 Å². The fourth-order valence-corrected chi connectivity index (χ4v) is 2.84. The van der Waals surface area contributed by atoms with Crippen LogP contribution in [0.15, 0.2) is 0 Å². The van der Waals surface area contributed by atoms with Gasteiger partial charge in [-0.2, -0.15) is 0 Å². The lowest BCUT2D eigenvalue weighted by Gasteiger charge is -2.46. The van der Waals surface area contributed by atoms with Crippen LogP contribution in [-0.2, 0) is 9.53 Å². The van der Waals surface area contributed by atoms with E-state index in [1.54, 1.807) is 0 Å². The maximum absolute atomic E-state index is 12.3. The van der Waals surface area contributed by atoms with Gasteiger partial charge in [0.15, 0.2) is 5.78 Å². The van der Waals surface area contributed by atoms with E-state index in [1.807, 2.05) is 0 Å². The van der Waals surface area contributed by atoms with Crippen molar-refractivity contribution in [3.05, 3.63) is 0 Å². The molecule has 0 aromatic rings. The number of aliphatic hydroxyl groups excluding tert-OH is 3. The molecule has 7 nitrogen and oxygen atoms in total. The molecule has 1 aliphatic rings. The van der Waals surface area contributed by atoms with Gasteiger partial charge in [0, 0.05) is 6.42 Å². The molecule has 0 amide bonds. The third-order valence-electron chi connectivity index (χ3n) is 4.22. The lowest BCUT2D eigenvalue weighted by molar-refractivity contribution is -0.302. The summed E-state index contributed by atoms with van der Waals surface area (Å²) < 4.78 is 5.23. The second-order valence-corrected chi connectivity index (χ2v) is 5.87. The molecule has 0 radical (unpaired) electrons. The summed E-state index contributed by atoms with van der Waals surface area (Å²) in [5.41, 5.74) is 0. The van der Waals surface area contributed by atoms with Crippen LogP contribution in [0.5, 0.6) is 0 Å². The fraction of sp³-hybridized carbons (Fsp3) is 0.933. The topological polar surface area (TPSA) is 119 Å². The van der Waals surface area contributed by atoms with Gasteiger partial charge < -0.3 is 30.5 Å². The normalized spacial score (nSPS) is 35.5. The van der Waals surface area contributed by atoms with Crippen LogP contribution >= 0.6 is 0 Å². The number of carbonyl (C=O) groups is 1. The Morgan fingerprint density at radius 2 is 1.82 bits per heavy atom. The average molecular weight is 319 g/mol. The van der Waals surface area contributed by atoms with Crippen molar-refractivity contribution >= 4 is 5.78 Å². The van der Waals surface area contributed by atoms with Gasteiger partial charge in [-0.25, -0.2) is 0 Å². The van der Waals surface area contributed by atoms with Gasteiger partial charge in [0.2, 0.25) is 5.79 Å². The summed E-state index contributed by atoms with van der Waals surface area (Å²) in [6.45, 7) is 1.50. The van der Waals surface area contributed by atoms with Crippen LogP contribution in [0.3, 0.4) is 0 Å². The van der Waals surface area contributed by atoms with Gasteiger partial charge in [0.25, 0.3) is 0 Å². The van der Waals surface area contributed by atoms with Crippen LogP contribution in [-0.4, -0.2) is 70.0 Å². The van der Waals surface area contributed by atoms with Gasteiger partial charge >= 0.3 is 0 Å². The Morgan fingerprint density at radius 1 is 1.18 bits per heavy atom. The zero-order valence-electron chi connectivity index (χ0n) is 13.4. The van der Waals surface area contributed by atoms with Gasteiger partial charge in [-0.15, -0.1) is 0 Å². The lowest BCUT2D eigenvalue weighted by Crippen LogP contribution is -2.71. The molecule has 0 aromatic carbocycles. The van der Waals surface area contributed by atoms with E-state index < -0.39 is 42.5 Å². The Hall–Kier alpha value is -0.570. The predicted molar refractivity (Wildman–Crippen MR) is 80.2 cm³/mol. The van der Waals surface area contributed by atoms with Crippen molar-refractivity contribution in [2.24, 2.45) is 0 Å². The molecule has 5 atom stereocenters. The van der Waals surface area contributed by atoms with Crippen molar-refractivity contribution in [3.63, 3.8) is 0 Å². The van der Waals surface area contributed by atoms with Gasteiger partial charge in [-0.05, 0) is 13.5 Å². The molecule has 0 aromatic heterocycles. The summed E-state index contributed by atoms with van der Waals surface area (Å²) >= 11 is 0. The van der Waals surface area contributed by atoms with E-state index in [-0.39, 0.29) is 6.42 Å². The zero-order chi connectivity index (χ0) is 16.8. The van der Waals surface area contributed by atoms with E-state index in [0.717, 1.165) is 25.7 Å². The molecule has 1 unspecified atom stereocenters. The lowest BCUT2D eigenvalue weighted by atomic mass is 9.86. The van der Waals surface area contributed by atoms with E-state index in [0.29, 0.717) is 6.42 Å². The van der Waals surface area contributed by atoms with E-state index in [2.05, 4.69) is 12.2 Å². The number of aliphatic hydroxyl groups is 4. The van der Waals surface area contributed by atoms with Gasteiger partial charge in [0.05, 0.1) is 12.6 Å². The van der Waals surface area contributed by atoms with E-state index in [9.17, 15) is 25.2 Å². The number of Topliss-reactive ketones (excluding diaryl/α,β-unsaturated/α-hetero) is 1. The van der Waals surface area contributed by atoms with Crippen molar-refractivity contribution in [3.8, 4) is 0 Å². The summed E-state index contributed by atoms with van der Waals surface area (Å²) in [7, 11) is 1.46. The predicted octanol–water partition coefficient (Wildman–Crippen LogP) is -0.694. The Bertz CT molecular complexity index is 353. The maximum Gasteiger partial charge on any atom is 0.245 e. The van der Waals surface area contributed by atoms with E-state index in [4.69, 9.17) is 4.74 Å². The fourth-order valence-electron chi connectivity index (χ4n) is 2.84. The van der Waals surface area contributed by atoms with Crippen LogP contribution < -0.4 is 5.32 Å².